The van der Waals surface area contributed by atoms with Crippen LogP contribution < -0.4 is 4.74 Å². The van der Waals surface area contributed by atoms with Crippen LogP contribution in [0.5, 0.6) is 5.75 Å². The monoisotopic (exact) mass is 292 g/mol. The van der Waals surface area contributed by atoms with E-state index in [1.165, 1.54) is 12.1 Å². The number of carbonyl (C=O) groups excluding carboxylic acids is 1. The lowest BCUT2D eigenvalue weighted by Gasteiger charge is -2.08. The fourth-order valence-electron chi connectivity index (χ4n) is 1.74. The maximum Gasteiger partial charge on any atom is 0.200 e. The summed E-state index contributed by atoms with van der Waals surface area (Å²) < 4.78 is 18.8. The molecule has 20 heavy (non-hydrogen) atoms. The molecule has 2 rings (SSSR count). The van der Waals surface area contributed by atoms with Crippen molar-refractivity contribution in [3.63, 3.8) is 0 Å². The molecule has 0 fully saturated rings. The Morgan fingerprint density at radius 1 is 1.20 bits per heavy atom. The number of Topliss-reactive ketones (excluding diaryl/α,β-unsaturated/α-hetero) is 1. The summed E-state index contributed by atoms with van der Waals surface area (Å²) in [7, 11) is 0. The molecule has 0 amide bonds. The Morgan fingerprint density at radius 3 is 2.65 bits per heavy atom. The van der Waals surface area contributed by atoms with Gasteiger partial charge < -0.3 is 4.74 Å². The molecular weight excluding hydrogens is 279 g/mol. The predicted octanol–water partition coefficient (Wildman–Crippen LogP) is 4.36. The van der Waals surface area contributed by atoms with Crippen molar-refractivity contribution >= 4 is 17.4 Å². The third-order valence-corrected chi connectivity index (χ3v) is 3.40. The molecule has 0 radical (unpaired) electrons. The van der Waals surface area contributed by atoms with Crippen LogP contribution in [-0.4, -0.2) is 12.4 Å². The van der Waals surface area contributed by atoms with Gasteiger partial charge in [0.05, 0.1) is 5.02 Å². The van der Waals surface area contributed by atoms with Crippen molar-refractivity contribution in [2.75, 3.05) is 6.61 Å². The maximum absolute atomic E-state index is 13.6. The number of hydrogen-bond acceptors (Lipinski definition) is 2. The first kappa shape index (κ1) is 14.5. The molecular formula is C16H14ClFO2. The summed E-state index contributed by atoms with van der Waals surface area (Å²) >= 11 is 5.64. The summed E-state index contributed by atoms with van der Waals surface area (Å²) in [4.78, 5) is 12.0. The normalized spacial score (nSPS) is 10.4. The number of ether oxygens (including phenoxy) is 1. The van der Waals surface area contributed by atoms with E-state index in [1.54, 1.807) is 18.2 Å². The Morgan fingerprint density at radius 2 is 1.95 bits per heavy atom. The third-order valence-electron chi connectivity index (χ3n) is 3.10. The highest BCUT2D eigenvalue weighted by Crippen LogP contribution is 2.24. The van der Waals surface area contributed by atoms with Crippen molar-refractivity contribution in [3.8, 4) is 5.75 Å². The number of aryl methyl sites for hydroxylation is 2. The minimum Gasteiger partial charge on any atom is -0.482 e. The fraction of sp³-hybridized carbons (Fsp3) is 0.188. The van der Waals surface area contributed by atoms with Crippen LogP contribution in [0.25, 0.3) is 0 Å². The largest absolute Gasteiger partial charge is 0.482 e. The Balaban J connectivity index is 2.08. The number of halogens is 2. The zero-order chi connectivity index (χ0) is 14.7. The summed E-state index contributed by atoms with van der Waals surface area (Å²) in [6.45, 7) is 3.69. The Kier molecular flexibility index (Phi) is 4.40. The highest BCUT2D eigenvalue weighted by Gasteiger charge is 2.11. The minimum atomic E-state index is -0.651. The molecule has 0 aliphatic rings. The van der Waals surface area contributed by atoms with Gasteiger partial charge in [-0.15, -0.1) is 0 Å². The van der Waals surface area contributed by atoms with E-state index < -0.39 is 5.82 Å². The second-order valence-corrected chi connectivity index (χ2v) is 4.97. The third kappa shape index (κ3) is 3.17. The van der Waals surface area contributed by atoms with Gasteiger partial charge in [0.15, 0.2) is 24.0 Å². The average Bonchev–Trinajstić information content (AvgIpc) is 2.43. The van der Waals surface area contributed by atoms with E-state index in [1.807, 2.05) is 19.9 Å². The molecule has 104 valence electrons. The highest BCUT2D eigenvalue weighted by atomic mass is 35.5. The van der Waals surface area contributed by atoms with Gasteiger partial charge in [-0.1, -0.05) is 29.8 Å². The van der Waals surface area contributed by atoms with Crippen molar-refractivity contribution in [1.29, 1.82) is 0 Å². The topological polar surface area (TPSA) is 26.3 Å². The van der Waals surface area contributed by atoms with E-state index in [0.717, 1.165) is 11.1 Å². The molecule has 0 heterocycles. The lowest BCUT2D eigenvalue weighted by atomic mass is 10.0. The molecule has 0 N–H and O–H groups in total. The molecule has 0 aliphatic heterocycles. The predicted molar refractivity (Wildman–Crippen MR) is 77.2 cm³/mol. The molecule has 0 aliphatic carbocycles. The first-order chi connectivity index (χ1) is 9.49. The van der Waals surface area contributed by atoms with E-state index in [4.69, 9.17) is 16.3 Å². The van der Waals surface area contributed by atoms with Gasteiger partial charge in [0.2, 0.25) is 0 Å². The summed E-state index contributed by atoms with van der Waals surface area (Å²) in [5, 5.41) is -0.0267. The minimum absolute atomic E-state index is 0.0188. The van der Waals surface area contributed by atoms with Gasteiger partial charge in [0, 0.05) is 5.56 Å². The van der Waals surface area contributed by atoms with E-state index in [2.05, 4.69) is 0 Å². The lowest BCUT2D eigenvalue weighted by Crippen LogP contribution is -2.12. The van der Waals surface area contributed by atoms with Crippen molar-refractivity contribution in [2.45, 2.75) is 13.8 Å². The Hall–Kier alpha value is -1.87. The molecule has 0 saturated heterocycles. The van der Waals surface area contributed by atoms with Crippen molar-refractivity contribution < 1.29 is 13.9 Å². The van der Waals surface area contributed by atoms with Crippen LogP contribution >= 0.6 is 11.6 Å². The van der Waals surface area contributed by atoms with Gasteiger partial charge in [-0.05, 0) is 43.2 Å². The van der Waals surface area contributed by atoms with Gasteiger partial charge in [-0.3, -0.25) is 4.79 Å². The summed E-state index contributed by atoms with van der Waals surface area (Å²) in [6.07, 6.45) is 0. The number of ketones is 1. The van der Waals surface area contributed by atoms with Gasteiger partial charge in [0.25, 0.3) is 0 Å². The van der Waals surface area contributed by atoms with Crippen molar-refractivity contribution in [1.82, 2.24) is 0 Å². The van der Waals surface area contributed by atoms with Crippen LogP contribution in [0.3, 0.4) is 0 Å². The van der Waals surface area contributed by atoms with Crippen molar-refractivity contribution in [2.24, 2.45) is 0 Å². The maximum atomic E-state index is 13.6. The van der Waals surface area contributed by atoms with Gasteiger partial charge in [0.1, 0.15) is 0 Å². The Bertz CT molecular complexity index is 653. The molecule has 0 atom stereocenters. The quantitative estimate of drug-likeness (QED) is 0.783. The van der Waals surface area contributed by atoms with Crippen LogP contribution in [0.4, 0.5) is 4.39 Å². The van der Waals surface area contributed by atoms with Crippen LogP contribution in [0.2, 0.25) is 5.02 Å². The van der Waals surface area contributed by atoms with Crippen LogP contribution in [0, 0.1) is 19.7 Å². The molecule has 2 aromatic rings. The molecule has 2 nitrogen and oxygen atoms in total. The number of carbonyl (C=O) groups is 1. The van der Waals surface area contributed by atoms with Crippen LogP contribution in [0.1, 0.15) is 21.5 Å². The summed E-state index contributed by atoms with van der Waals surface area (Å²) in [5.74, 6) is -0.871. The van der Waals surface area contributed by atoms with Crippen LogP contribution in [-0.2, 0) is 0 Å². The Labute approximate surface area is 122 Å². The van der Waals surface area contributed by atoms with E-state index in [-0.39, 0.29) is 23.2 Å². The molecule has 0 aromatic heterocycles. The van der Waals surface area contributed by atoms with Gasteiger partial charge in [-0.2, -0.15) is 0 Å². The zero-order valence-electron chi connectivity index (χ0n) is 11.2. The van der Waals surface area contributed by atoms with Gasteiger partial charge in [-0.25, -0.2) is 4.39 Å². The zero-order valence-corrected chi connectivity index (χ0v) is 12.0. The highest BCUT2D eigenvalue weighted by molar-refractivity contribution is 6.30. The number of rotatable bonds is 4. The first-order valence-electron chi connectivity index (χ1n) is 6.16. The van der Waals surface area contributed by atoms with Gasteiger partial charge >= 0.3 is 0 Å². The second kappa shape index (κ2) is 6.06. The molecule has 2 aromatic carbocycles. The molecule has 0 spiro atoms. The SMILES string of the molecule is Cc1ccc(C(=O)COc2cccc(Cl)c2F)cc1C. The van der Waals surface area contributed by atoms with E-state index >= 15 is 0 Å². The molecule has 4 heteroatoms. The number of benzene rings is 2. The van der Waals surface area contributed by atoms with E-state index in [0.29, 0.717) is 5.56 Å². The summed E-state index contributed by atoms with van der Waals surface area (Å²) in [5.41, 5.74) is 2.70. The fourth-order valence-corrected chi connectivity index (χ4v) is 1.90. The lowest BCUT2D eigenvalue weighted by molar-refractivity contribution is 0.0918. The van der Waals surface area contributed by atoms with Crippen LogP contribution in [0.15, 0.2) is 36.4 Å². The van der Waals surface area contributed by atoms with E-state index in [9.17, 15) is 9.18 Å². The second-order valence-electron chi connectivity index (χ2n) is 4.56. The standard InChI is InChI=1S/C16H14ClFO2/c1-10-6-7-12(8-11(10)2)14(19)9-20-15-5-3-4-13(17)16(15)18/h3-8H,9H2,1-2H3. The molecule has 0 unspecified atom stereocenters. The van der Waals surface area contributed by atoms with Crippen molar-refractivity contribution in [3.05, 3.63) is 63.9 Å². The summed E-state index contributed by atoms with van der Waals surface area (Å²) in [6, 6.07) is 9.85. The number of hydrogen-bond donors (Lipinski definition) is 0. The smallest absolute Gasteiger partial charge is 0.200 e. The molecule has 0 saturated carbocycles. The molecule has 0 bridgehead atoms. The first-order valence-corrected chi connectivity index (χ1v) is 6.54. The average molecular weight is 293 g/mol.